The molecule has 4 nitrogen and oxygen atoms in total. The summed E-state index contributed by atoms with van der Waals surface area (Å²) in [5.74, 6) is 1.93. The van der Waals surface area contributed by atoms with Crippen molar-refractivity contribution < 1.29 is 0 Å². The van der Waals surface area contributed by atoms with Gasteiger partial charge in [0.1, 0.15) is 0 Å². The number of rotatable bonds is 5. The molecule has 0 radical (unpaired) electrons. The monoisotopic (exact) mass is 700 g/mol. The molecule has 0 amide bonds. The molecule has 0 saturated heterocycles. The Morgan fingerprint density at radius 2 is 0.727 bits per heavy atom. The molecule has 2 aromatic heterocycles. The molecular formula is C51H32N4. The van der Waals surface area contributed by atoms with Crippen molar-refractivity contribution in [2.45, 2.75) is 0 Å². The zero-order valence-electron chi connectivity index (χ0n) is 29.8. The fourth-order valence-electron chi connectivity index (χ4n) is 8.31. The minimum Gasteiger partial charge on any atom is -0.309 e. The highest BCUT2D eigenvalue weighted by molar-refractivity contribution is 6.29. The zero-order chi connectivity index (χ0) is 36.3. The van der Waals surface area contributed by atoms with Gasteiger partial charge in [-0.3, -0.25) is 0 Å². The minimum atomic E-state index is 0.641. The Balaban J connectivity index is 1.18. The molecule has 55 heavy (non-hydrogen) atoms. The summed E-state index contributed by atoms with van der Waals surface area (Å²) in [6, 6.07) is 68.7. The molecule has 0 bridgehead atoms. The van der Waals surface area contributed by atoms with E-state index in [1.165, 1.54) is 43.4 Å². The quantitative estimate of drug-likeness (QED) is 0.168. The van der Waals surface area contributed by atoms with Crippen LogP contribution < -0.4 is 0 Å². The number of fused-ring (bicyclic) bond motifs is 9. The third-order valence-electron chi connectivity index (χ3n) is 10.8. The van der Waals surface area contributed by atoms with Crippen molar-refractivity contribution in [2.24, 2.45) is 0 Å². The van der Waals surface area contributed by atoms with Crippen molar-refractivity contribution in [3.63, 3.8) is 0 Å². The maximum Gasteiger partial charge on any atom is 0.164 e. The molecule has 0 spiro atoms. The minimum absolute atomic E-state index is 0.641. The van der Waals surface area contributed by atoms with Crippen LogP contribution in [0.25, 0.3) is 105 Å². The molecule has 0 unspecified atom stereocenters. The van der Waals surface area contributed by atoms with Gasteiger partial charge in [0, 0.05) is 38.5 Å². The average Bonchev–Trinajstić information content (AvgIpc) is 3.61. The van der Waals surface area contributed by atoms with Gasteiger partial charge in [-0.2, -0.15) is 0 Å². The number of hydrogen-bond donors (Lipinski definition) is 0. The molecule has 2 heterocycles. The van der Waals surface area contributed by atoms with Crippen molar-refractivity contribution >= 4 is 54.1 Å². The van der Waals surface area contributed by atoms with Gasteiger partial charge in [-0.25, -0.2) is 15.0 Å². The molecule has 0 N–H and O–H groups in total. The van der Waals surface area contributed by atoms with Crippen LogP contribution in [0.4, 0.5) is 0 Å². The third kappa shape index (κ3) is 5.11. The molecule has 0 aliphatic carbocycles. The lowest BCUT2D eigenvalue weighted by molar-refractivity contribution is 1.08. The van der Waals surface area contributed by atoms with Gasteiger partial charge in [-0.1, -0.05) is 158 Å². The van der Waals surface area contributed by atoms with Gasteiger partial charge in [-0.15, -0.1) is 0 Å². The van der Waals surface area contributed by atoms with Crippen molar-refractivity contribution in [3.05, 3.63) is 194 Å². The van der Waals surface area contributed by atoms with E-state index in [1.807, 2.05) is 36.4 Å². The highest BCUT2D eigenvalue weighted by Crippen LogP contribution is 2.43. The number of benzene rings is 9. The van der Waals surface area contributed by atoms with Crippen LogP contribution in [0.3, 0.4) is 0 Å². The van der Waals surface area contributed by atoms with E-state index in [-0.39, 0.29) is 0 Å². The van der Waals surface area contributed by atoms with E-state index in [9.17, 15) is 0 Å². The SMILES string of the molecule is c1ccc(-c2nc(-c3ccccc3)nc(-c3cc(-c4ccc(-n5c6ccccc6c6ccccc65)cc4)cc4c5ccccc5c5ccccc5c34)n2)cc1. The van der Waals surface area contributed by atoms with Crippen LogP contribution in [0.5, 0.6) is 0 Å². The number of para-hydroxylation sites is 2. The molecule has 0 saturated carbocycles. The van der Waals surface area contributed by atoms with Crippen molar-refractivity contribution in [1.29, 1.82) is 0 Å². The molecule has 11 rings (SSSR count). The third-order valence-corrected chi connectivity index (χ3v) is 10.8. The van der Waals surface area contributed by atoms with E-state index in [0.29, 0.717) is 17.5 Å². The average molecular weight is 701 g/mol. The highest BCUT2D eigenvalue weighted by atomic mass is 15.0. The first-order chi connectivity index (χ1) is 27.3. The van der Waals surface area contributed by atoms with Crippen LogP contribution in [-0.2, 0) is 0 Å². The smallest absolute Gasteiger partial charge is 0.164 e. The van der Waals surface area contributed by atoms with Crippen LogP contribution in [0.1, 0.15) is 0 Å². The van der Waals surface area contributed by atoms with Gasteiger partial charge in [0.2, 0.25) is 0 Å². The Kier molecular flexibility index (Phi) is 7.14. The van der Waals surface area contributed by atoms with E-state index in [4.69, 9.17) is 15.0 Å². The van der Waals surface area contributed by atoms with E-state index < -0.39 is 0 Å². The number of nitrogens with zero attached hydrogens (tertiary/aromatic N) is 4. The fourth-order valence-corrected chi connectivity index (χ4v) is 8.31. The first-order valence-electron chi connectivity index (χ1n) is 18.6. The van der Waals surface area contributed by atoms with Gasteiger partial charge >= 0.3 is 0 Å². The molecule has 9 aromatic carbocycles. The Bertz CT molecular complexity index is 3130. The maximum atomic E-state index is 5.25. The van der Waals surface area contributed by atoms with Crippen LogP contribution in [-0.4, -0.2) is 19.5 Å². The maximum absolute atomic E-state index is 5.25. The van der Waals surface area contributed by atoms with E-state index in [2.05, 4.69) is 162 Å². The summed E-state index contributed by atoms with van der Waals surface area (Å²) >= 11 is 0. The topological polar surface area (TPSA) is 43.6 Å². The second-order valence-electron chi connectivity index (χ2n) is 14.0. The molecule has 256 valence electrons. The molecule has 0 aliphatic heterocycles. The summed E-state index contributed by atoms with van der Waals surface area (Å²) in [7, 11) is 0. The molecule has 11 aromatic rings. The van der Waals surface area contributed by atoms with Gasteiger partial charge in [0.25, 0.3) is 0 Å². The standard InChI is InChI=1S/C51H32N4/c1-3-15-34(16-4-1)49-52-50(35-17-5-2-6-18-35)54-51(53-49)45-32-36(31-44-40-21-8-7-19-38(40)39-20-9-10-24-43(39)48(44)45)33-27-29-37(30-28-33)55-46-25-13-11-22-41(46)42-23-12-14-26-47(42)55/h1-32H. The molecule has 0 aliphatic rings. The predicted molar refractivity (Wildman–Crippen MR) is 228 cm³/mol. The lowest BCUT2D eigenvalue weighted by Gasteiger charge is -2.17. The van der Waals surface area contributed by atoms with Crippen LogP contribution >= 0.6 is 0 Å². The fraction of sp³-hybridized carbons (Fsp3) is 0. The second-order valence-corrected chi connectivity index (χ2v) is 14.0. The summed E-state index contributed by atoms with van der Waals surface area (Å²) in [6.07, 6.45) is 0. The summed E-state index contributed by atoms with van der Waals surface area (Å²) < 4.78 is 2.36. The van der Waals surface area contributed by atoms with E-state index in [0.717, 1.165) is 44.3 Å². The zero-order valence-corrected chi connectivity index (χ0v) is 29.8. The summed E-state index contributed by atoms with van der Waals surface area (Å²) in [6.45, 7) is 0. The Morgan fingerprint density at radius 3 is 1.29 bits per heavy atom. The Hall–Kier alpha value is -7.43. The van der Waals surface area contributed by atoms with Crippen LogP contribution in [0.2, 0.25) is 0 Å². The normalized spacial score (nSPS) is 11.6. The molecule has 4 heteroatoms. The lowest BCUT2D eigenvalue weighted by atomic mass is 9.88. The van der Waals surface area contributed by atoms with Gasteiger partial charge in [0.15, 0.2) is 17.5 Å². The second kappa shape index (κ2) is 12.6. The van der Waals surface area contributed by atoms with Gasteiger partial charge in [0.05, 0.1) is 11.0 Å². The number of hydrogen-bond acceptors (Lipinski definition) is 3. The predicted octanol–water partition coefficient (Wildman–Crippen LogP) is 13.1. The van der Waals surface area contributed by atoms with Crippen LogP contribution in [0, 0.1) is 0 Å². The number of aromatic nitrogens is 4. The summed E-state index contributed by atoms with van der Waals surface area (Å²) in [4.78, 5) is 15.5. The van der Waals surface area contributed by atoms with Crippen molar-refractivity contribution in [3.8, 4) is 51.0 Å². The van der Waals surface area contributed by atoms with E-state index >= 15 is 0 Å². The molecular weight excluding hydrogens is 669 g/mol. The Morgan fingerprint density at radius 1 is 0.291 bits per heavy atom. The lowest BCUT2D eigenvalue weighted by Crippen LogP contribution is -2.01. The van der Waals surface area contributed by atoms with Gasteiger partial charge < -0.3 is 4.57 Å². The summed E-state index contributed by atoms with van der Waals surface area (Å²) in [5, 5.41) is 9.59. The molecule has 0 atom stereocenters. The Labute approximate surface area is 317 Å². The van der Waals surface area contributed by atoms with Crippen molar-refractivity contribution in [1.82, 2.24) is 19.5 Å². The van der Waals surface area contributed by atoms with Gasteiger partial charge in [-0.05, 0) is 74.5 Å². The largest absolute Gasteiger partial charge is 0.309 e. The summed E-state index contributed by atoms with van der Waals surface area (Å²) in [5.41, 5.74) is 8.58. The highest BCUT2D eigenvalue weighted by Gasteiger charge is 2.20. The first-order valence-corrected chi connectivity index (χ1v) is 18.6. The van der Waals surface area contributed by atoms with Crippen LogP contribution in [0.15, 0.2) is 194 Å². The van der Waals surface area contributed by atoms with Crippen molar-refractivity contribution in [2.75, 3.05) is 0 Å². The van der Waals surface area contributed by atoms with E-state index in [1.54, 1.807) is 0 Å². The molecule has 0 fully saturated rings. The first kappa shape index (κ1) is 31.1.